The van der Waals surface area contributed by atoms with Crippen LogP contribution in [-0.4, -0.2) is 67.6 Å². The molecule has 0 unspecified atom stereocenters. The fourth-order valence-electron chi connectivity index (χ4n) is 4.72. The molecule has 0 radical (unpaired) electrons. The Bertz CT molecular complexity index is 1510. The summed E-state index contributed by atoms with van der Waals surface area (Å²) in [5.41, 5.74) is 8.94. The fourth-order valence-corrected chi connectivity index (χ4v) is 4.72. The van der Waals surface area contributed by atoms with E-state index in [1.54, 1.807) is 30.5 Å². The van der Waals surface area contributed by atoms with Crippen LogP contribution in [0.3, 0.4) is 0 Å². The number of anilines is 2. The molecule has 3 aromatic heterocycles. The first-order valence-electron chi connectivity index (χ1n) is 12.9. The minimum Gasteiger partial charge on any atom is -0.399 e. The normalized spacial score (nSPS) is 18.4. The molecule has 4 N–H and O–H groups in total. The Hall–Kier alpha value is -4.19. The van der Waals surface area contributed by atoms with Crippen molar-refractivity contribution in [1.29, 1.82) is 0 Å². The number of piperidine rings is 1. The number of amides is 1. The van der Waals surface area contributed by atoms with Gasteiger partial charge >= 0.3 is 0 Å². The summed E-state index contributed by atoms with van der Waals surface area (Å²) in [6.07, 6.45) is 4.93. The average molecular weight is 536 g/mol. The van der Waals surface area contributed by atoms with Gasteiger partial charge in [0.25, 0.3) is 11.9 Å². The molecule has 2 atom stereocenters. The van der Waals surface area contributed by atoms with E-state index in [1.807, 2.05) is 22.7 Å². The minimum atomic E-state index is -1.02. The van der Waals surface area contributed by atoms with E-state index in [4.69, 9.17) is 15.4 Å². The molecule has 0 spiro atoms. The molecule has 1 aliphatic rings. The monoisotopic (exact) mass is 535 g/mol. The summed E-state index contributed by atoms with van der Waals surface area (Å²) < 4.78 is 23.6. The summed E-state index contributed by atoms with van der Waals surface area (Å²) in [4.78, 5) is 19.0. The summed E-state index contributed by atoms with van der Waals surface area (Å²) in [5.74, 6) is 0.143. The first-order chi connectivity index (χ1) is 18.5. The standard InChI is InChI=1S/C27H34FN9O2/c1-6-22-18-11-17(29)12-21(31-20-8-9-35(5)15-19(20)28)24(18)33-37(22)26-32-23(39-34-26)13-30-25(38)16-7-10-36(14-16)27(2,3)4/h6-7,10-12,14,19-20,31H,1,8-9,13,15,29H2,2-5H3,(H,30,38)/t19-,20+/m0/s1. The van der Waals surface area contributed by atoms with Gasteiger partial charge in [-0.15, -0.1) is 0 Å². The van der Waals surface area contributed by atoms with Crippen molar-refractivity contribution in [3.63, 3.8) is 0 Å². The summed E-state index contributed by atoms with van der Waals surface area (Å²) >= 11 is 0. The van der Waals surface area contributed by atoms with Gasteiger partial charge in [-0.25, -0.2) is 4.39 Å². The van der Waals surface area contributed by atoms with Gasteiger partial charge < -0.3 is 30.4 Å². The van der Waals surface area contributed by atoms with E-state index in [-0.39, 0.29) is 35.9 Å². The van der Waals surface area contributed by atoms with E-state index >= 15 is 0 Å². The highest BCUT2D eigenvalue weighted by atomic mass is 19.1. The summed E-state index contributed by atoms with van der Waals surface area (Å²) in [6, 6.07) is 4.94. The highest BCUT2D eigenvalue weighted by molar-refractivity contribution is 5.98. The minimum absolute atomic E-state index is 0.0461. The number of hydrogen-bond donors (Lipinski definition) is 3. The van der Waals surface area contributed by atoms with Crippen LogP contribution in [0.4, 0.5) is 15.8 Å². The lowest BCUT2D eigenvalue weighted by atomic mass is 10.0. The maximum absolute atomic E-state index is 14.8. The molecular weight excluding hydrogens is 501 g/mol. The van der Waals surface area contributed by atoms with Crippen LogP contribution in [0.5, 0.6) is 0 Å². The maximum Gasteiger partial charge on any atom is 0.291 e. The predicted molar refractivity (Wildman–Crippen MR) is 148 cm³/mol. The van der Waals surface area contributed by atoms with Crippen LogP contribution in [0.1, 0.15) is 49.1 Å². The van der Waals surface area contributed by atoms with Gasteiger partial charge in [0.2, 0.25) is 5.89 Å². The van der Waals surface area contributed by atoms with Gasteiger partial charge in [-0.2, -0.15) is 14.8 Å². The topological polar surface area (TPSA) is 132 Å². The molecule has 11 nitrogen and oxygen atoms in total. The van der Waals surface area contributed by atoms with E-state index in [1.165, 1.54) is 4.68 Å². The molecule has 39 heavy (non-hydrogen) atoms. The number of aromatic nitrogens is 5. The van der Waals surface area contributed by atoms with Crippen molar-refractivity contribution in [3.05, 3.63) is 54.3 Å². The molecule has 1 aliphatic heterocycles. The average Bonchev–Trinajstić information content (AvgIpc) is 3.62. The second-order valence-corrected chi connectivity index (χ2v) is 10.9. The number of nitrogen functional groups attached to an aromatic ring is 1. The number of rotatable bonds is 7. The van der Waals surface area contributed by atoms with Crippen molar-refractivity contribution in [2.45, 2.75) is 51.5 Å². The third-order valence-electron chi connectivity index (χ3n) is 6.89. The Morgan fingerprint density at radius 1 is 1.36 bits per heavy atom. The molecule has 4 aromatic rings. The lowest BCUT2D eigenvalue weighted by molar-refractivity contribution is 0.0946. The largest absolute Gasteiger partial charge is 0.399 e. The van der Waals surface area contributed by atoms with Gasteiger partial charge in [0.05, 0.1) is 29.5 Å². The van der Waals surface area contributed by atoms with Crippen LogP contribution in [0.25, 0.3) is 22.9 Å². The van der Waals surface area contributed by atoms with Crippen molar-refractivity contribution >= 4 is 34.3 Å². The van der Waals surface area contributed by atoms with Gasteiger partial charge in [-0.1, -0.05) is 6.58 Å². The molecule has 12 heteroatoms. The fraction of sp³-hybridized carbons (Fsp3) is 0.407. The predicted octanol–water partition coefficient (Wildman–Crippen LogP) is 3.57. The molecule has 1 aromatic carbocycles. The van der Waals surface area contributed by atoms with Crippen LogP contribution in [0, 0.1) is 0 Å². The number of benzene rings is 1. The van der Waals surface area contributed by atoms with Gasteiger partial charge in [0.15, 0.2) is 0 Å². The highest BCUT2D eigenvalue weighted by Gasteiger charge is 2.29. The lowest BCUT2D eigenvalue weighted by Gasteiger charge is -2.33. The molecule has 0 saturated carbocycles. The van der Waals surface area contributed by atoms with Crippen LogP contribution in [0.15, 0.2) is 41.7 Å². The Kier molecular flexibility index (Phi) is 6.89. The second-order valence-electron chi connectivity index (χ2n) is 10.9. The Balaban J connectivity index is 1.37. The number of likely N-dealkylation sites (tertiary alicyclic amines) is 1. The van der Waals surface area contributed by atoms with Crippen molar-refractivity contribution < 1.29 is 13.7 Å². The number of nitrogens with two attached hydrogens (primary N) is 1. The van der Waals surface area contributed by atoms with Crippen LogP contribution in [0.2, 0.25) is 0 Å². The van der Waals surface area contributed by atoms with E-state index in [0.717, 1.165) is 11.9 Å². The number of carbonyl (C=O) groups is 1. The van der Waals surface area contributed by atoms with Crippen molar-refractivity contribution in [3.8, 4) is 5.95 Å². The second kappa shape index (κ2) is 10.2. The molecule has 206 valence electrons. The van der Waals surface area contributed by atoms with Crippen molar-refractivity contribution in [1.82, 2.24) is 34.7 Å². The van der Waals surface area contributed by atoms with Crippen molar-refractivity contribution in [2.75, 3.05) is 31.2 Å². The molecule has 5 rings (SSSR count). The zero-order valence-electron chi connectivity index (χ0n) is 22.6. The Morgan fingerprint density at radius 2 is 2.15 bits per heavy atom. The lowest BCUT2D eigenvalue weighted by Crippen LogP contribution is -2.46. The number of nitrogens with zero attached hydrogens (tertiary/aromatic N) is 6. The molecule has 4 heterocycles. The Labute approximate surface area is 225 Å². The van der Waals surface area contributed by atoms with Crippen LogP contribution in [-0.2, 0) is 12.1 Å². The van der Waals surface area contributed by atoms with E-state index < -0.39 is 6.17 Å². The maximum atomic E-state index is 14.8. The van der Waals surface area contributed by atoms with Crippen LogP contribution >= 0.6 is 0 Å². The Morgan fingerprint density at radius 3 is 2.85 bits per heavy atom. The first kappa shape index (κ1) is 26.4. The first-order valence-corrected chi connectivity index (χ1v) is 12.9. The third kappa shape index (κ3) is 5.37. The van der Waals surface area contributed by atoms with E-state index in [9.17, 15) is 9.18 Å². The molecular formula is C27H34FN9O2. The number of carbonyl (C=O) groups excluding carboxylic acids is 1. The number of alkyl halides is 1. The van der Waals surface area contributed by atoms with Gasteiger partial charge in [-0.05, 0) is 63.7 Å². The molecule has 0 aliphatic carbocycles. The van der Waals surface area contributed by atoms with Gasteiger partial charge in [0.1, 0.15) is 11.7 Å². The summed E-state index contributed by atoms with van der Waals surface area (Å²) in [7, 11) is 1.91. The number of hydrogen-bond acceptors (Lipinski definition) is 8. The van der Waals surface area contributed by atoms with Gasteiger partial charge in [-0.3, -0.25) is 4.79 Å². The molecule has 1 amide bonds. The van der Waals surface area contributed by atoms with Crippen LogP contribution < -0.4 is 16.4 Å². The number of nitrogens with one attached hydrogen (secondary N) is 2. The van der Waals surface area contributed by atoms with Gasteiger partial charge in [0, 0.05) is 42.1 Å². The quantitative estimate of drug-likeness (QED) is 0.306. The third-order valence-corrected chi connectivity index (χ3v) is 6.89. The SMILES string of the molecule is C=Cc1c2cc(N)cc(N[C@@H]3CCN(C)C[C@@H]3F)c2nn1-c1noc(CNC(=O)c2ccn(C(C)(C)C)c2)n1. The smallest absolute Gasteiger partial charge is 0.291 e. The summed E-state index contributed by atoms with van der Waals surface area (Å²) in [5, 5.41) is 15.6. The summed E-state index contributed by atoms with van der Waals surface area (Å²) in [6.45, 7) is 11.3. The number of fused-ring (bicyclic) bond motifs is 1. The zero-order valence-corrected chi connectivity index (χ0v) is 22.6. The van der Waals surface area contributed by atoms with E-state index in [0.29, 0.717) is 41.1 Å². The molecule has 1 saturated heterocycles. The van der Waals surface area contributed by atoms with Crippen molar-refractivity contribution in [2.24, 2.45) is 0 Å². The molecule has 0 bridgehead atoms. The number of halogens is 1. The molecule has 1 fully saturated rings. The zero-order chi connectivity index (χ0) is 27.9. The van der Waals surface area contributed by atoms with E-state index in [2.05, 4.69) is 48.1 Å². The highest BCUT2D eigenvalue weighted by Crippen LogP contribution is 2.32.